The van der Waals surface area contributed by atoms with E-state index in [1.54, 1.807) is 0 Å². The highest BCUT2D eigenvalue weighted by Gasteiger charge is 2.31. The third-order valence-electron chi connectivity index (χ3n) is 5.70. The Morgan fingerprint density at radius 3 is 2.63 bits per heavy atom. The van der Waals surface area contributed by atoms with Crippen LogP contribution in [0.15, 0.2) is 48.5 Å². The van der Waals surface area contributed by atoms with Gasteiger partial charge in [0, 0.05) is 12.5 Å². The van der Waals surface area contributed by atoms with Crippen LogP contribution in [0.25, 0.3) is 11.0 Å². The van der Waals surface area contributed by atoms with Crippen LogP contribution in [0.1, 0.15) is 63.4 Å². The Labute approximate surface area is 178 Å². The van der Waals surface area contributed by atoms with E-state index < -0.39 is 0 Å². The van der Waals surface area contributed by atoms with Crippen molar-refractivity contribution in [2.24, 2.45) is 5.92 Å². The second kappa shape index (κ2) is 8.90. The van der Waals surface area contributed by atoms with Crippen LogP contribution < -0.4 is 10.1 Å². The quantitative estimate of drug-likeness (QED) is 0.497. The first-order chi connectivity index (χ1) is 14.5. The van der Waals surface area contributed by atoms with Gasteiger partial charge in [-0.1, -0.05) is 44.2 Å². The molecule has 1 atom stereocenters. The van der Waals surface area contributed by atoms with E-state index in [9.17, 15) is 4.79 Å². The van der Waals surface area contributed by atoms with Crippen molar-refractivity contribution in [2.45, 2.75) is 58.5 Å². The Balaban J connectivity index is 1.46. The molecule has 3 aromatic rings. The van der Waals surface area contributed by atoms with Gasteiger partial charge in [0.15, 0.2) is 0 Å². The number of rotatable bonds is 9. The molecular weight excluding hydrogens is 374 g/mol. The van der Waals surface area contributed by atoms with Gasteiger partial charge >= 0.3 is 0 Å². The van der Waals surface area contributed by atoms with Gasteiger partial charge < -0.3 is 14.6 Å². The third kappa shape index (κ3) is 4.50. The summed E-state index contributed by atoms with van der Waals surface area (Å²) in [5, 5.41) is 3.14. The molecule has 4 rings (SSSR count). The maximum Gasteiger partial charge on any atom is 0.223 e. The van der Waals surface area contributed by atoms with Gasteiger partial charge in [0.2, 0.25) is 5.91 Å². The van der Waals surface area contributed by atoms with E-state index >= 15 is 0 Å². The lowest BCUT2D eigenvalue weighted by Crippen LogP contribution is -2.30. The summed E-state index contributed by atoms with van der Waals surface area (Å²) in [5.41, 5.74) is 3.30. The number of hydrogen-bond donors (Lipinski definition) is 1. The molecule has 1 aromatic heterocycles. The van der Waals surface area contributed by atoms with Gasteiger partial charge in [-0.25, -0.2) is 4.98 Å². The molecule has 0 radical (unpaired) electrons. The minimum Gasteiger partial charge on any atom is -0.493 e. The second-order valence-corrected chi connectivity index (χ2v) is 8.51. The fourth-order valence-corrected chi connectivity index (χ4v) is 3.89. The normalized spacial score (nSPS) is 14.8. The van der Waals surface area contributed by atoms with Crippen molar-refractivity contribution in [3.05, 3.63) is 59.9 Å². The number of carbonyl (C=O) groups is 1. The molecule has 1 fully saturated rings. The standard InChI is InChI=1S/C25H31N3O2/c1-17(2)20-9-4-7-12-23(20)30-16-8-15-28-22-11-6-5-10-21(22)27-24(28)18(3)26-25(29)19-13-14-19/h4-7,9-12,17-19H,8,13-16H2,1-3H3,(H,26,29). The fourth-order valence-electron chi connectivity index (χ4n) is 3.89. The molecule has 30 heavy (non-hydrogen) atoms. The average Bonchev–Trinajstić information content (AvgIpc) is 3.53. The van der Waals surface area contributed by atoms with Gasteiger partial charge in [-0.3, -0.25) is 4.79 Å². The number of nitrogens with zero attached hydrogens (tertiary/aromatic N) is 2. The second-order valence-electron chi connectivity index (χ2n) is 8.51. The van der Waals surface area contributed by atoms with Crippen LogP contribution >= 0.6 is 0 Å². The predicted octanol–water partition coefficient (Wildman–Crippen LogP) is 5.22. The monoisotopic (exact) mass is 405 g/mol. The van der Waals surface area contributed by atoms with Crippen LogP contribution in [-0.4, -0.2) is 22.1 Å². The zero-order valence-corrected chi connectivity index (χ0v) is 18.1. The zero-order valence-electron chi connectivity index (χ0n) is 18.1. The first kappa shape index (κ1) is 20.5. The number of fused-ring (bicyclic) bond motifs is 1. The summed E-state index contributed by atoms with van der Waals surface area (Å²) in [5.74, 6) is 2.65. The molecule has 1 heterocycles. The first-order valence-corrected chi connectivity index (χ1v) is 11.0. The van der Waals surface area contributed by atoms with E-state index in [1.807, 2.05) is 37.3 Å². The highest BCUT2D eigenvalue weighted by Crippen LogP contribution is 2.30. The number of hydrogen-bond acceptors (Lipinski definition) is 3. The van der Waals surface area contributed by atoms with Crippen LogP contribution in [0.2, 0.25) is 0 Å². The van der Waals surface area contributed by atoms with Gasteiger partial charge in [0.1, 0.15) is 11.6 Å². The van der Waals surface area contributed by atoms with Crippen molar-refractivity contribution >= 4 is 16.9 Å². The topological polar surface area (TPSA) is 56.1 Å². The molecule has 1 aliphatic rings. The number of nitrogens with one attached hydrogen (secondary N) is 1. The summed E-state index contributed by atoms with van der Waals surface area (Å²) in [7, 11) is 0. The van der Waals surface area contributed by atoms with Crippen molar-refractivity contribution < 1.29 is 9.53 Å². The molecule has 5 nitrogen and oxygen atoms in total. The fraction of sp³-hybridized carbons (Fsp3) is 0.440. The van der Waals surface area contributed by atoms with E-state index in [0.29, 0.717) is 12.5 Å². The number of aromatic nitrogens is 2. The lowest BCUT2D eigenvalue weighted by Gasteiger charge is -2.17. The maximum atomic E-state index is 12.3. The lowest BCUT2D eigenvalue weighted by atomic mass is 10.0. The van der Waals surface area contributed by atoms with E-state index in [2.05, 4.69) is 41.9 Å². The molecule has 1 aliphatic carbocycles. The van der Waals surface area contributed by atoms with Crippen LogP contribution in [0.3, 0.4) is 0 Å². The van der Waals surface area contributed by atoms with Crippen molar-refractivity contribution in [2.75, 3.05) is 6.61 Å². The summed E-state index contributed by atoms with van der Waals surface area (Å²) in [6, 6.07) is 16.3. The van der Waals surface area contributed by atoms with Crippen molar-refractivity contribution in [1.82, 2.24) is 14.9 Å². The van der Waals surface area contributed by atoms with Gasteiger partial charge in [-0.2, -0.15) is 0 Å². The molecule has 2 aromatic carbocycles. The van der Waals surface area contributed by atoms with Gasteiger partial charge in [0.05, 0.1) is 23.7 Å². The van der Waals surface area contributed by atoms with Crippen molar-refractivity contribution in [3.63, 3.8) is 0 Å². The number of aryl methyl sites for hydroxylation is 1. The molecule has 1 unspecified atom stereocenters. The summed E-state index contributed by atoms with van der Waals surface area (Å²) >= 11 is 0. The summed E-state index contributed by atoms with van der Waals surface area (Å²) < 4.78 is 8.34. The number of imidazole rings is 1. The molecule has 5 heteroatoms. The number of benzene rings is 2. The molecule has 158 valence electrons. The Kier molecular flexibility index (Phi) is 6.07. The molecule has 0 spiro atoms. The van der Waals surface area contributed by atoms with Crippen LogP contribution in [0, 0.1) is 5.92 Å². The van der Waals surface area contributed by atoms with Crippen LogP contribution in [0.4, 0.5) is 0 Å². The van der Waals surface area contributed by atoms with Gasteiger partial charge in [-0.15, -0.1) is 0 Å². The van der Waals surface area contributed by atoms with Crippen LogP contribution in [0.5, 0.6) is 5.75 Å². The molecule has 1 saturated carbocycles. The molecule has 1 amide bonds. The van der Waals surface area contributed by atoms with Crippen molar-refractivity contribution in [1.29, 1.82) is 0 Å². The summed E-state index contributed by atoms with van der Waals surface area (Å²) in [6.07, 6.45) is 2.87. The molecule has 0 bridgehead atoms. The highest BCUT2D eigenvalue weighted by molar-refractivity contribution is 5.81. The van der Waals surface area contributed by atoms with Crippen molar-refractivity contribution in [3.8, 4) is 5.75 Å². The molecule has 0 aliphatic heterocycles. The van der Waals surface area contributed by atoms with E-state index in [1.165, 1.54) is 5.56 Å². The number of para-hydroxylation sites is 3. The first-order valence-electron chi connectivity index (χ1n) is 11.0. The maximum absolute atomic E-state index is 12.3. The lowest BCUT2D eigenvalue weighted by molar-refractivity contribution is -0.123. The number of ether oxygens (including phenoxy) is 1. The van der Waals surface area contributed by atoms with E-state index in [0.717, 1.165) is 48.4 Å². The van der Waals surface area contributed by atoms with Gasteiger partial charge in [0.25, 0.3) is 0 Å². The smallest absolute Gasteiger partial charge is 0.223 e. The third-order valence-corrected chi connectivity index (χ3v) is 5.70. The minimum absolute atomic E-state index is 0.118. The zero-order chi connectivity index (χ0) is 21.1. The summed E-state index contributed by atoms with van der Waals surface area (Å²) in [6.45, 7) is 7.82. The Morgan fingerprint density at radius 1 is 1.13 bits per heavy atom. The average molecular weight is 406 g/mol. The molecular formula is C25H31N3O2. The summed E-state index contributed by atoms with van der Waals surface area (Å²) in [4.78, 5) is 17.1. The van der Waals surface area contributed by atoms with E-state index in [-0.39, 0.29) is 17.9 Å². The SMILES string of the molecule is CC(C)c1ccccc1OCCCn1c(C(C)NC(=O)C2CC2)nc2ccccc21. The highest BCUT2D eigenvalue weighted by atomic mass is 16.5. The number of amides is 1. The Morgan fingerprint density at radius 2 is 1.87 bits per heavy atom. The molecule has 1 N–H and O–H groups in total. The Hall–Kier alpha value is -2.82. The van der Waals surface area contributed by atoms with Crippen LogP contribution in [-0.2, 0) is 11.3 Å². The Bertz CT molecular complexity index is 1020. The largest absolute Gasteiger partial charge is 0.493 e. The van der Waals surface area contributed by atoms with Gasteiger partial charge in [-0.05, 0) is 55.9 Å². The van der Waals surface area contributed by atoms with E-state index in [4.69, 9.17) is 9.72 Å². The minimum atomic E-state index is -0.118. The predicted molar refractivity (Wildman–Crippen MR) is 120 cm³/mol. The molecule has 0 saturated heterocycles. The number of carbonyl (C=O) groups excluding carboxylic acids is 1.